The molecule has 1 aliphatic heterocycles. The Labute approximate surface area is 133 Å². The summed E-state index contributed by atoms with van der Waals surface area (Å²) in [6, 6.07) is 7.73. The van der Waals surface area contributed by atoms with Crippen LogP contribution in [-0.2, 0) is 0 Å². The minimum absolute atomic E-state index is 0.00423. The highest BCUT2D eigenvalue weighted by Crippen LogP contribution is 2.26. The van der Waals surface area contributed by atoms with Crippen molar-refractivity contribution in [2.75, 3.05) is 13.1 Å². The Morgan fingerprint density at radius 1 is 1.35 bits per heavy atom. The third kappa shape index (κ3) is 2.50. The van der Waals surface area contributed by atoms with Gasteiger partial charge in [-0.2, -0.15) is 5.10 Å². The first kappa shape index (κ1) is 14.0. The maximum Gasteiger partial charge on any atom is 0.275 e. The third-order valence-corrected chi connectivity index (χ3v) is 4.49. The van der Waals surface area contributed by atoms with Gasteiger partial charge in [0, 0.05) is 36.3 Å². The van der Waals surface area contributed by atoms with Gasteiger partial charge in [0.05, 0.1) is 5.52 Å². The Hall–Kier alpha value is -2.63. The normalized spacial score (nSPS) is 18.5. The largest absolute Gasteiger partial charge is 0.346 e. The lowest BCUT2D eigenvalue weighted by atomic mass is 9.97. The number of amides is 1. The molecule has 118 valence electrons. The number of aryl methyl sites for hydroxylation is 1. The molecule has 23 heavy (non-hydrogen) atoms. The molecule has 1 fully saturated rings. The number of imidazole rings is 1. The maximum absolute atomic E-state index is 12.9. The molecule has 1 atom stereocenters. The summed E-state index contributed by atoms with van der Waals surface area (Å²) in [5.41, 5.74) is 2.46. The highest BCUT2D eigenvalue weighted by atomic mass is 16.2. The number of para-hydroxylation sites is 1. The Balaban J connectivity index is 1.58. The molecule has 6 heteroatoms. The summed E-state index contributed by atoms with van der Waals surface area (Å²) < 4.78 is 0. The van der Waals surface area contributed by atoms with E-state index >= 15 is 0 Å². The van der Waals surface area contributed by atoms with Crippen LogP contribution >= 0.6 is 0 Å². The number of nitrogens with one attached hydrogen (secondary N) is 2. The van der Waals surface area contributed by atoms with Crippen molar-refractivity contribution in [2.45, 2.75) is 25.7 Å². The van der Waals surface area contributed by atoms with E-state index in [-0.39, 0.29) is 11.8 Å². The van der Waals surface area contributed by atoms with Crippen LogP contribution in [0.3, 0.4) is 0 Å². The number of nitrogens with zero attached hydrogens (tertiary/aromatic N) is 3. The molecular weight excluding hydrogens is 290 g/mol. The van der Waals surface area contributed by atoms with E-state index in [0.717, 1.165) is 41.8 Å². The molecule has 4 rings (SSSR count). The third-order valence-electron chi connectivity index (χ3n) is 4.49. The van der Waals surface area contributed by atoms with Gasteiger partial charge in [-0.25, -0.2) is 4.98 Å². The quantitative estimate of drug-likeness (QED) is 0.764. The Kier molecular flexibility index (Phi) is 3.37. The number of fused-ring (bicyclic) bond motifs is 1. The molecule has 1 aliphatic rings. The average Bonchev–Trinajstić information content (AvgIpc) is 3.20. The summed E-state index contributed by atoms with van der Waals surface area (Å²) in [4.78, 5) is 22.5. The zero-order chi connectivity index (χ0) is 15.8. The van der Waals surface area contributed by atoms with Gasteiger partial charge in [-0.1, -0.05) is 18.2 Å². The fourth-order valence-corrected chi connectivity index (χ4v) is 3.30. The van der Waals surface area contributed by atoms with Crippen LogP contribution < -0.4 is 0 Å². The van der Waals surface area contributed by atoms with E-state index in [1.165, 1.54) is 0 Å². The van der Waals surface area contributed by atoms with Gasteiger partial charge >= 0.3 is 0 Å². The van der Waals surface area contributed by atoms with Gasteiger partial charge in [-0.05, 0) is 25.8 Å². The lowest BCUT2D eigenvalue weighted by Gasteiger charge is -2.31. The zero-order valence-electron chi connectivity index (χ0n) is 13.0. The molecule has 0 spiro atoms. The van der Waals surface area contributed by atoms with Crippen LogP contribution in [-0.4, -0.2) is 44.1 Å². The second kappa shape index (κ2) is 5.53. The summed E-state index contributed by atoms with van der Waals surface area (Å²) in [7, 11) is 0. The topological polar surface area (TPSA) is 77.7 Å². The van der Waals surface area contributed by atoms with Crippen LogP contribution in [0.15, 0.2) is 30.5 Å². The van der Waals surface area contributed by atoms with Gasteiger partial charge in [0.15, 0.2) is 5.69 Å². The van der Waals surface area contributed by atoms with E-state index < -0.39 is 0 Å². The molecule has 3 heterocycles. The van der Waals surface area contributed by atoms with Crippen molar-refractivity contribution in [2.24, 2.45) is 0 Å². The van der Waals surface area contributed by atoms with Crippen molar-refractivity contribution >= 4 is 16.8 Å². The monoisotopic (exact) mass is 309 g/mol. The molecule has 6 nitrogen and oxygen atoms in total. The first-order chi connectivity index (χ1) is 11.2. The number of likely N-dealkylation sites (tertiary alicyclic amines) is 1. The van der Waals surface area contributed by atoms with Gasteiger partial charge in [-0.15, -0.1) is 0 Å². The second-order valence-electron chi connectivity index (χ2n) is 6.16. The van der Waals surface area contributed by atoms with Crippen LogP contribution in [0, 0.1) is 6.92 Å². The summed E-state index contributed by atoms with van der Waals surface area (Å²) in [5.74, 6) is 1.24. The molecular formula is C17H19N5O. The molecule has 1 aromatic carbocycles. The first-order valence-electron chi connectivity index (χ1n) is 7.96. The highest BCUT2D eigenvalue weighted by Gasteiger charge is 2.28. The van der Waals surface area contributed by atoms with Crippen LogP contribution in [0.4, 0.5) is 0 Å². The summed E-state index contributed by atoms with van der Waals surface area (Å²) in [6.07, 6.45) is 3.88. The Morgan fingerprint density at radius 3 is 3.04 bits per heavy atom. The van der Waals surface area contributed by atoms with Crippen molar-refractivity contribution in [3.8, 4) is 0 Å². The average molecular weight is 309 g/mol. The van der Waals surface area contributed by atoms with E-state index in [4.69, 9.17) is 0 Å². The van der Waals surface area contributed by atoms with Crippen LogP contribution in [0.5, 0.6) is 0 Å². The molecule has 0 radical (unpaired) electrons. The molecule has 2 N–H and O–H groups in total. The van der Waals surface area contributed by atoms with Crippen molar-refractivity contribution < 1.29 is 4.79 Å². The molecule has 3 aromatic rings. The van der Waals surface area contributed by atoms with Gasteiger partial charge in [0.2, 0.25) is 0 Å². The zero-order valence-corrected chi connectivity index (χ0v) is 13.0. The van der Waals surface area contributed by atoms with Crippen molar-refractivity contribution in [1.29, 1.82) is 0 Å². The number of piperidine rings is 1. The molecule has 0 aliphatic carbocycles. The first-order valence-corrected chi connectivity index (χ1v) is 7.96. The number of H-pyrrole nitrogens is 2. The van der Waals surface area contributed by atoms with Gasteiger partial charge < -0.3 is 9.88 Å². The molecule has 2 aromatic heterocycles. The number of carbonyl (C=O) groups is 1. The predicted octanol–water partition coefficient (Wildman–Crippen LogP) is 2.61. The fourth-order valence-electron chi connectivity index (χ4n) is 3.30. The van der Waals surface area contributed by atoms with E-state index in [0.29, 0.717) is 12.2 Å². The van der Waals surface area contributed by atoms with E-state index in [1.54, 1.807) is 0 Å². The highest BCUT2D eigenvalue weighted by molar-refractivity contribution is 6.04. The minimum Gasteiger partial charge on any atom is -0.346 e. The maximum atomic E-state index is 12.9. The number of benzene rings is 1. The molecule has 0 saturated carbocycles. The van der Waals surface area contributed by atoms with E-state index in [2.05, 4.69) is 20.2 Å². The minimum atomic E-state index is -0.00423. The molecule has 0 bridgehead atoms. The van der Waals surface area contributed by atoms with Gasteiger partial charge in [-0.3, -0.25) is 9.89 Å². The molecule has 1 unspecified atom stereocenters. The number of aromatic amines is 2. The number of carbonyl (C=O) groups excluding carboxylic acids is 1. The van der Waals surface area contributed by atoms with Crippen LogP contribution in [0.2, 0.25) is 0 Å². The van der Waals surface area contributed by atoms with Crippen molar-refractivity contribution in [3.05, 3.63) is 47.7 Å². The van der Waals surface area contributed by atoms with Crippen molar-refractivity contribution in [3.63, 3.8) is 0 Å². The molecule has 1 saturated heterocycles. The smallest absolute Gasteiger partial charge is 0.275 e. The SMILES string of the molecule is Cc1cnc(C2CCCN(C(=O)c3n[nH]c4ccccc34)C2)[nH]1. The van der Waals surface area contributed by atoms with Gasteiger partial charge in [0.25, 0.3) is 5.91 Å². The Bertz CT molecular complexity index is 849. The standard InChI is InChI=1S/C17H19N5O/c1-11-9-18-16(19-11)12-5-4-8-22(10-12)17(23)15-13-6-2-3-7-14(13)20-21-15/h2-3,6-7,9,12H,4-5,8,10H2,1H3,(H,18,19)(H,20,21). The number of aromatic nitrogens is 4. The number of rotatable bonds is 2. The predicted molar refractivity (Wildman–Crippen MR) is 87.3 cm³/mol. The second-order valence-corrected chi connectivity index (χ2v) is 6.16. The lowest BCUT2D eigenvalue weighted by Crippen LogP contribution is -2.39. The van der Waals surface area contributed by atoms with Crippen LogP contribution in [0.25, 0.3) is 10.9 Å². The Morgan fingerprint density at radius 2 is 2.22 bits per heavy atom. The summed E-state index contributed by atoms with van der Waals surface area (Å²) in [6.45, 7) is 3.46. The fraction of sp³-hybridized carbons (Fsp3) is 0.353. The summed E-state index contributed by atoms with van der Waals surface area (Å²) >= 11 is 0. The van der Waals surface area contributed by atoms with Crippen LogP contribution in [0.1, 0.15) is 40.8 Å². The lowest BCUT2D eigenvalue weighted by molar-refractivity contribution is 0.0700. The number of hydrogen-bond donors (Lipinski definition) is 2. The van der Waals surface area contributed by atoms with E-state index in [9.17, 15) is 4.79 Å². The summed E-state index contributed by atoms with van der Waals surface area (Å²) in [5, 5.41) is 8.05. The van der Waals surface area contributed by atoms with Gasteiger partial charge in [0.1, 0.15) is 5.82 Å². The van der Waals surface area contributed by atoms with E-state index in [1.807, 2.05) is 42.3 Å². The van der Waals surface area contributed by atoms with Crippen molar-refractivity contribution in [1.82, 2.24) is 25.1 Å². The molecule has 1 amide bonds. The number of hydrogen-bond acceptors (Lipinski definition) is 3.